The van der Waals surface area contributed by atoms with Crippen LogP contribution in [0.4, 0.5) is 5.69 Å². The molecule has 0 saturated heterocycles. The van der Waals surface area contributed by atoms with E-state index in [0.29, 0.717) is 13.2 Å². The molecule has 0 aromatic heterocycles. The van der Waals surface area contributed by atoms with E-state index in [9.17, 15) is 4.79 Å². The van der Waals surface area contributed by atoms with Crippen molar-refractivity contribution in [3.63, 3.8) is 0 Å². The highest BCUT2D eigenvalue weighted by Crippen LogP contribution is 2.16. The van der Waals surface area contributed by atoms with E-state index < -0.39 is 5.54 Å². The monoisotopic (exact) mass is 250 g/mol. The van der Waals surface area contributed by atoms with Gasteiger partial charge in [0.1, 0.15) is 5.54 Å². The van der Waals surface area contributed by atoms with E-state index in [-0.39, 0.29) is 5.97 Å². The molecule has 18 heavy (non-hydrogen) atoms. The van der Waals surface area contributed by atoms with Gasteiger partial charge in [-0.3, -0.25) is 0 Å². The minimum Gasteiger partial charge on any atom is -0.465 e. The molecule has 0 saturated carbocycles. The summed E-state index contributed by atoms with van der Waals surface area (Å²) in [6, 6.07) is 9.96. The summed E-state index contributed by atoms with van der Waals surface area (Å²) in [5.41, 5.74) is 0.365. The highest BCUT2D eigenvalue weighted by atomic mass is 16.5. The Hall–Kier alpha value is -1.55. The predicted molar refractivity (Wildman–Crippen MR) is 73.8 cm³/mol. The van der Waals surface area contributed by atoms with Gasteiger partial charge in [-0.1, -0.05) is 18.2 Å². The largest absolute Gasteiger partial charge is 0.465 e. The zero-order valence-corrected chi connectivity index (χ0v) is 11.6. The van der Waals surface area contributed by atoms with Crippen LogP contribution < -0.4 is 10.2 Å². The van der Waals surface area contributed by atoms with Crippen LogP contribution in [0.25, 0.3) is 0 Å². The van der Waals surface area contributed by atoms with Crippen LogP contribution in [-0.2, 0) is 9.53 Å². The van der Waals surface area contributed by atoms with Gasteiger partial charge in [0.05, 0.1) is 6.61 Å². The molecule has 0 aliphatic heterocycles. The number of esters is 1. The molecule has 100 valence electrons. The second-order valence-electron chi connectivity index (χ2n) is 4.49. The molecule has 4 heteroatoms. The van der Waals surface area contributed by atoms with Gasteiger partial charge in [-0.2, -0.15) is 0 Å². The Morgan fingerprint density at radius 2 is 2.00 bits per heavy atom. The van der Waals surface area contributed by atoms with Crippen LogP contribution in [0, 0.1) is 0 Å². The Morgan fingerprint density at radius 3 is 2.50 bits per heavy atom. The van der Waals surface area contributed by atoms with Crippen LogP contribution in [0.5, 0.6) is 0 Å². The quantitative estimate of drug-likeness (QED) is 0.780. The first-order valence-corrected chi connectivity index (χ1v) is 6.16. The number of anilines is 1. The van der Waals surface area contributed by atoms with E-state index in [1.807, 2.05) is 56.1 Å². The Bertz CT molecular complexity index is 381. The van der Waals surface area contributed by atoms with Gasteiger partial charge in [0.15, 0.2) is 0 Å². The van der Waals surface area contributed by atoms with Crippen molar-refractivity contribution in [3.05, 3.63) is 30.3 Å². The van der Waals surface area contributed by atoms with Crippen LogP contribution in [0.1, 0.15) is 13.8 Å². The molecule has 1 unspecified atom stereocenters. The van der Waals surface area contributed by atoms with Crippen molar-refractivity contribution in [2.24, 2.45) is 0 Å². The van der Waals surface area contributed by atoms with E-state index in [4.69, 9.17) is 4.74 Å². The van der Waals surface area contributed by atoms with Crippen LogP contribution in [0.15, 0.2) is 30.3 Å². The number of ether oxygens (including phenoxy) is 1. The molecule has 0 aliphatic rings. The minimum atomic E-state index is -0.708. The number of benzene rings is 1. The van der Waals surface area contributed by atoms with Crippen LogP contribution in [-0.4, -0.2) is 38.8 Å². The van der Waals surface area contributed by atoms with Gasteiger partial charge in [-0.25, -0.2) is 4.79 Å². The molecule has 1 rings (SSSR count). The standard InChI is InChI=1S/C14H22N2O2/c1-5-18-13(17)14(2,15-3)11-16(4)12-9-7-6-8-10-12/h6-10,15H,5,11H2,1-4H3. The first kappa shape index (κ1) is 14.5. The maximum Gasteiger partial charge on any atom is 0.327 e. The molecule has 1 atom stereocenters. The summed E-state index contributed by atoms with van der Waals surface area (Å²) < 4.78 is 5.11. The molecule has 0 aliphatic carbocycles. The van der Waals surface area contributed by atoms with E-state index in [0.717, 1.165) is 5.69 Å². The topological polar surface area (TPSA) is 41.6 Å². The predicted octanol–water partition coefficient (Wildman–Crippen LogP) is 1.66. The Kier molecular flexibility index (Phi) is 5.16. The Labute approximate surface area is 109 Å². The molecule has 0 spiro atoms. The fraction of sp³-hybridized carbons (Fsp3) is 0.500. The Balaban J connectivity index is 2.76. The summed E-state index contributed by atoms with van der Waals surface area (Å²) in [4.78, 5) is 14.0. The van der Waals surface area contributed by atoms with E-state index in [1.54, 1.807) is 7.05 Å². The van der Waals surface area contributed by atoms with Crippen LogP contribution in [0.3, 0.4) is 0 Å². The summed E-state index contributed by atoms with van der Waals surface area (Å²) >= 11 is 0. The summed E-state index contributed by atoms with van der Waals surface area (Å²) in [5.74, 6) is -0.227. The lowest BCUT2D eigenvalue weighted by atomic mass is 10.0. The van der Waals surface area contributed by atoms with Crippen molar-refractivity contribution in [1.29, 1.82) is 0 Å². The van der Waals surface area contributed by atoms with Crippen molar-refractivity contribution in [3.8, 4) is 0 Å². The molecule has 0 radical (unpaired) electrons. The third-order valence-corrected chi connectivity index (χ3v) is 3.03. The normalized spacial score (nSPS) is 13.8. The smallest absolute Gasteiger partial charge is 0.327 e. The molecule has 0 fully saturated rings. The average Bonchev–Trinajstić information content (AvgIpc) is 2.39. The lowest BCUT2D eigenvalue weighted by Crippen LogP contribution is -2.55. The number of carbonyl (C=O) groups excluding carboxylic acids is 1. The third-order valence-electron chi connectivity index (χ3n) is 3.03. The Morgan fingerprint density at radius 1 is 1.39 bits per heavy atom. The molecule has 0 bridgehead atoms. The molecule has 0 heterocycles. The van der Waals surface area contributed by atoms with Gasteiger partial charge in [-0.05, 0) is 33.0 Å². The van der Waals surface area contributed by atoms with Gasteiger partial charge in [0.25, 0.3) is 0 Å². The van der Waals surface area contributed by atoms with Gasteiger partial charge in [0.2, 0.25) is 0 Å². The number of nitrogens with one attached hydrogen (secondary N) is 1. The lowest BCUT2D eigenvalue weighted by Gasteiger charge is -2.32. The lowest BCUT2D eigenvalue weighted by molar-refractivity contribution is -0.149. The maximum atomic E-state index is 12.0. The summed E-state index contributed by atoms with van der Waals surface area (Å²) in [6.07, 6.45) is 0. The van der Waals surface area contributed by atoms with Gasteiger partial charge in [0, 0.05) is 19.3 Å². The first-order valence-electron chi connectivity index (χ1n) is 6.16. The molecule has 1 aromatic carbocycles. The summed E-state index contributed by atoms with van der Waals surface area (Å²) in [7, 11) is 3.74. The minimum absolute atomic E-state index is 0.227. The summed E-state index contributed by atoms with van der Waals surface area (Å²) in [5, 5.41) is 3.05. The molecule has 4 nitrogen and oxygen atoms in total. The van der Waals surface area contributed by atoms with Crippen LogP contribution in [0.2, 0.25) is 0 Å². The van der Waals surface area contributed by atoms with Gasteiger partial charge < -0.3 is 15.0 Å². The van der Waals surface area contributed by atoms with Crippen molar-refractivity contribution in [1.82, 2.24) is 5.32 Å². The first-order chi connectivity index (χ1) is 8.53. The third kappa shape index (κ3) is 3.47. The molecule has 0 amide bonds. The van der Waals surface area contributed by atoms with E-state index in [2.05, 4.69) is 5.32 Å². The molecular formula is C14H22N2O2. The number of hydrogen-bond acceptors (Lipinski definition) is 4. The highest BCUT2D eigenvalue weighted by molar-refractivity contribution is 5.81. The number of carbonyl (C=O) groups is 1. The highest BCUT2D eigenvalue weighted by Gasteiger charge is 2.34. The molecular weight excluding hydrogens is 228 g/mol. The molecule has 1 aromatic rings. The SMILES string of the molecule is CCOC(=O)C(C)(CN(C)c1ccccc1)NC. The second kappa shape index (κ2) is 6.40. The number of para-hydroxylation sites is 1. The fourth-order valence-electron chi connectivity index (χ4n) is 1.78. The number of nitrogens with zero attached hydrogens (tertiary/aromatic N) is 1. The van der Waals surface area contributed by atoms with Crippen molar-refractivity contribution in [2.75, 3.05) is 32.1 Å². The summed E-state index contributed by atoms with van der Waals surface area (Å²) in [6.45, 7) is 4.61. The zero-order valence-electron chi connectivity index (χ0n) is 11.6. The molecule has 1 N–H and O–H groups in total. The van der Waals surface area contributed by atoms with Gasteiger partial charge in [-0.15, -0.1) is 0 Å². The van der Waals surface area contributed by atoms with Crippen molar-refractivity contribution >= 4 is 11.7 Å². The van der Waals surface area contributed by atoms with Crippen molar-refractivity contribution < 1.29 is 9.53 Å². The number of rotatable bonds is 6. The van der Waals surface area contributed by atoms with Crippen molar-refractivity contribution in [2.45, 2.75) is 19.4 Å². The van der Waals surface area contributed by atoms with Gasteiger partial charge >= 0.3 is 5.97 Å². The number of hydrogen-bond donors (Lipinski definition) is 1. The maximum absolute atomic E-state index is 12.0. The van der Waals surface area contributed by atoms with Crippen LogP contribution >= 0.6 is 0 Å². The average molecular weight is 250 g/mol. The second-order valence-corrected chi connectivity index (χ2v) is 4.49. The number of likely N-dealkylation sites (N-methyl/N-ethyl adjacent to an activating group) is 2. The van der Waals surface area contributed by atoms with E-state index in [1.165, 1.54) is 0 Å². The zero-order chi connectivity index (χ0) is 13.6. The fourth-order valence-corrected chi connectivity index (χ4v) is 1.78. The van der Waals surface area contributed by atoms with E-state index >= 15 is 0 Å².